The van der Waals surface area contributed by atoms with Crippen molar-refractivity contribution in [1.82, 2.24) is 4.90 Å². The molecule has 0 aliphatic carbocycles. The summed E-state index contributed by atoms with van der Waals surface area (Å²) in [6, 6.07) is 1.30. The molecule has 0 spiro atoms. The first-order valence-electron chi connectivity index (χ1n) is 6.95. The molecule has 0 bridgehead atoms. The van der Waals surface area contributed by atoms with Crippen molar-refractivity contribution in [2.24, 2.45) is 0 Å². The Balaban J connectivity index is 2.18. The van der Waals surface area contributed by atoms with E-state index in [4.69, 9.17) is 21.1 Å². The second kappa shape index (κ2) is 7.10. The smallest absolute Gasteiger partial charge is 0.246 e. The molecule has 5 nitrogen and oxygen atoms in total. The number of amides is 1. The molecular weight excluding hydrogens is 326 g/mol. The Morgan fingerprint density at radius 2 is 2.45 bits per heavy atom. The van der Waals surface area contributed by atoms with E-state index < -0.39 is 11.8 Å². The van der Waals surface area contributed by atoms with Gasteiger partial charge in [0.25, 0.3) is 0 Å². The molecule has 1 aliphatic heterocycles. The van der Waals surface area contributed by atoms with Gasteiger partial charge in [-0.25, -0.2) is 0 Å². The highest BCUT2D eigenvalue weighted by molar-refractivity contribution is 7.10. The van der Waals surface area contributed by atoms with Gasteiger partial charge in [-0.15, -0.1) is 11.3 Å². The molecule has 7 heteroatoms. The number of hydrogen-bond acceptors (Lipinski definition) is 5. The van der Waals surface area contributed by atoms with Crippen LogP contribution >= 0.6 is 22.9 Å². The first kappa shape index (κ1) is 17.4. The third-order valence-electron chi connectivity index (χ3n) is 3.45. The lowest BCUT2D eigenvalue weighted by Gasteiger charge is -2.33. The molecule has 0 unspecified atom stereocenters. The van der Waals surface area contributed by atoms with E-state index in [-0.39, 0.29) is 18.6 Å². The minimum Gasteiger partial charge on any atom is -0.394 e. The van der Waals surface area contributed by atoms with Gasteiger partial charge in [-0.3, -0.25) is 4.79 Å². The van der Waals surface area contributed by atoms with E-state index in [1.165, 1.54) is 17.4 Å². The normalized spacial score (nSPS) is 21.5. The lowest BCUT2D eigenvalue weighted by Crippen LogP contribution is -2.49. The van der Waals surface area contributed by atoms with E-state index in [0.29, 0.717) is 18.2 Å². The van der Waals surface area contributed by atoms with Crippen molar-refractivity contribution in [1.29, 1.82) is 0 Å². The highest BCUT2D eigenvalue weighted by atomic mass is 35.5. The van der Waals surface area contributed by atoms with E-state index in [1.807, 2.05) is 0 Å². The molecule has 1 amide bonds. The summed E-state index contributed by atoms with van der Waals surface area (Å²) in [4.78, 5) is 14.7. The minimum absolute atomic E-state index is 0.219. The highest BCUT2D eigenvalue weighted by Crippen LogP contribution is 2.28. The molecule has 0 saturated carbocycles. The van der Waals surface area contributed by atoms with Gasteiger partial charge in [0.2, 0.25) is 5.91 Å². The lowest BCUT2D eigenvalue weighted by molar-refractivity contribution is -0.154. The third kappa shape index (κ3) is 4.08. The zero-order valence-corrected chi connectivity index (χ0v) is 14.2. The van der Waals surface area contributed by atoms with Gasteiger partial charge in [-0.2, -0.15) is 0 Å². The summed E-state index contributed by atoms with van der Waals surface area (Å²) in [5, 5.41) is 12.2. The van der Waals surface area contributed by atoms with Crippen molar-refractivity contribution in [3.05, 3.63) is 34.0 Å². The second-order valence-electron chi connectivity index (χ2n) is 5.52. The van der Waals surface area contributed by atoms with Gasteiger partial charge in [0.05, 0.1) is 30.8 Å². The van der Waals surface area contributed by atoms with Crippen LogP contribution in [-0.2, 0) is 20.8 Å². The van der Waals surface area contributed by atoms with E-state index in [2.05, 4.69) is 6.58 Å². The van der Waals surface area contributed by atoms with Crippen LogP contribution in [0.1, 0.15) is 18.7 Å². The van der Waals surface area contributed by atoms with Crippen LogP contribution in [-0.4, -0.2) is 47.1 Å². The molecule has 2 atom stereocenters. The number of hydrogen-bond donors (Lipinski definition) is 1. The van der Waals surface area contributed by atoms with Gasteiger partial charge in [0, 0.05) is 10.3 Å². The summed E-state index contributed by atoms with van der Waals surface area (Å²) in [6.45, 7) is 7.59. The van der Waals surface area contributed by atoms with Crippen molar-refractivity contribution in [2.45, 2.75) is 38.3 Å². The quantitative estimate of drug-likeness (QED) is 0.804. The SMILES string of the molecule is C=CC(=O)N(Cc1cc(Cl)cs1)[C@H](CO)[C@H]1COC(C)(C)O1. The van der Waals surface area contributed by atoms with Crippen molar-refractivity contribution in [2.75, 3.05) is 13.2 Å². The van der Waals surface area contributed by atoms with Crippen LogP contribution in [0, 0.1) is 0 Å². The number of ether oxygens (including phenoxy) is 2. The van der Waals surface area contributed by atoms with Crippen LogP contribution in [0.5, 0.6) is 0 Å². The number of aliphatic hydroxyl groups is 1. The Bertz CT molecular complexity index is 545. The monoisotopic (exact) mass is 345 g/mol. The van der Waals surface area contributed by atoms with Gasteiger partial charge >= 0.3 is 0 Å². The van der Waals surface area contributed by atoms with Gasteiger partial charge in [0.1, 0.15) is 6.10 Å². The van der Waals surface area contributed by atoms with Crippen LogP contribution in [0.25, 0.3) is 0 Å². The van der Waals surface area contributed by atoms with E-state index in [1.54, 1.807) is 30.2 Å². The van der Waals surface area contributed by atoms with E-state index >= 15 is 0 Å². The molecule has 1 aromatic heterocycles. The molecule has 2 rings (SSSR count). The largest absolute Gasteiger partial charge is 0.394 e. The lowest BCUT2D eigenvalue weighted by atomic mass is 10.1. The minimum atomic E-state index is -0.715. The number of nitrogens with zero attached hydrogens (tertiary/aromatic N) is 1. The zero-order chi connectivity index (χ0) is 16.3. The molecule has 1 aliphatic rings. The van der Waals surface area contributed by atoms with Crippen molar-refractivity contribution in [3.63, 3.8) is 0 Å². The van der Waals surface area contributed by atoms with Crippen LogP contribution in [0.3, 0.4) is 0 Å². The fraction of sp³-hybridized carbons (Fsp3) is 0.533. The molecule has 1 N–H and O–H groups in total. The molecule has 1 aromatic rings. The summed E-state index contributed by atoms with van der Waals surface area (Å²) in [7, 11) is 0. The molecule has 122 valence electrons. The number of thiophene rings is 1. The summed E-state index contributed by atoms with van der Waals surface area (Å²) in [6.07, 6.45) is 0.845. The van der Waals surface area contributed by atoms with Crippen molar-refractivity contribution < 1.29 is 19.4 Å². The van der Waals surface area contributed by atoms with Crippen LogP contribution in [0.4, 0.5) is 0 Å². The fourth-order valence-electron chi connectivity index (χ4n) is 2.40. The van der Waals surface area contributed by atoms with E-state index in [9.17, 15) is 9.90 Å². The zero-order valence-electron chi connectivity index (χ0n) is 12.6. The number of carbonyl (C=O) groups is 1. The van der Waals surface area contributed by atoms with Crippen molar-refractivity contribution in [3.8, 4) is 0 Å². The Hall–Kier alpha value is -0.920. The molecule has 0 aromatic carbocycles. The predicted molar refractivity (Wildman–Crippen MR) is 85.9 cm³/mol. The van der Waals surface area contributed by atoms with Gasteiger partial charge in [0.15, 0.2) is 5.79 Å². The molecular formula is C15H20ClNO4S. The second-order valence-corrected chi connectivity index (χ2v) is 6.95. The van der Waals surface area contributed by atoms with Crippen molar-refractivity contribution >= 4 is 28.8 Å². The summed E-state index contributed by atoms with van der Waals surface area (Å²) >= 11 is 7.39. The van der Waals surface area contributed by atoms with Crippen LogP contribution < -0.4 is 0 Å². The Morgan fingerprint density at radius 1 is 1.73 bits per heavy atom. The summed E-state index contributed by atoms with van der Waals surface area (Å²) in [5.74, 6) is -0.982. The molecule has 1 saturated heterocycles. The Morgan fingerprint density at radius 3 is 2.91 bits per heavy atom. The maximum absolute atomic E-state index is 12.2. The average molecular weight is 346 g/mol. The molecule has 22 heavy (non-hydrogen) atoms. The van der Waals surface area contributed by atoms with Crippen LogP contribution in [0.2, 0.25) is 5.02 Å². The molecule has 2 heterocycles. The fourth-order valence-corrected chi connectivity index (χ4v) is 3.47. The number of carbonyl (C=O) groups excluding carboxylic acids is 1. The predicted octanol–water partition coefficient (Wildman–Crippen LogP) is 2.43. The maximum Gasteiger partial charge on any atom is 0.246 e. The first-order valence-corrected chi connectivity index (χ1v) is 8.20. The Labute approximate surface area is 139 Å². The topological polar surface area (TPSA) is 59.0 Å². The number of halogens is 1. The van der Waals surface area contributed by atoms with Gasteiger partial charge in [-0.05, 0) is 26.0 Å². The van der Waals surface area contributed by atoms with Gasteiger partial charge < -0.3 is 19.5 Å². The summed E-state index contributed by atoms with van der Waals surface area (Å²) < 4.78 is 11.3. The average Bonchev–Trinajstić information content (AvgIpc) is 3.03. The number of rotatable bonds is 6. The molecule has 1 fully saturated rings. The van der Waals surface area contributed by atoms with Crippen LogP contribution in [0.15, 0.2) is 24.1 Å². The summed E-state index contributed by atoms with van der Waals surface area (Å²) in [5.41, 5.74) is 0. The van der Waals surface area contributed by atoms with Gasteiger partial charge in [-0.1, -0.05) is 18.2 Å². The van der Waals surface area contributed by atoms with E-state index in [0.717, 1.165) is 4.88 Å². The highest BCUT2D eigenvalue weighted by Gasteiger charge is 2.40. The number of aliphatic hydroxyl groups excluding tert-OH is 1. The Kier molecular flexibility index (Phi) is 5.63. The maximum atomic E-state index is 12.2. The first-order chi connectivity index (χ1) is 10.4. The molecule has 0 radical (unpaired) electrons. The third-order valence-corrected chi connectivity index (χ3v) is 4.72. The standard InChI is InChI=1S/C15H20ClNO4S/c1-4-14(19)17(6-11-5-10(16)9-22-11)12(7-18)13-8-20-15(2,3)21-13/h4-5,9,12-13,18H,1,6-8H2,2-3H3/t12-,13-/m1/s1.